The number of rotatable bonds is 10. The Balaban J connectivity index is 1.77. The Hall–Kier alpha value is -2.50. The van der Waals surface area contributed by atoms with Crippen LogP contribution in [0.2, 0.25) is 5.02 Å². The molecule has 0 fully saturated rings. The minimum Gasteiger partial charge on any atom is -0.481 e. The fourth-order valence-corrected chi connectivity index (χ4v) is 4.59. The highest BCUT2D eigenvalue weighted by Gasteiger charge is 2.41. The molecule has 0 saturated heterocycles. The van der Waals surface area contributed by atoms with E-state index in [0.29, 0.717) is 17.9 Å². The number of benzene rings is 2. The van der Waals surface area contributed by atoms with Gasteiger partial charge in [0.2, 0.25) is 5.69 Å². The summed E-state index contributed by atoms with van der Waals surface area (Å²) in [7, 11) is 1.95. The number of carbonyl (C=O) groups excluding carboxylic acids is 1. The fraction of sp³-hybridized carbons (Fsp3) is 0.400. The molecule has 0 aliphatic carbocycles. The summed E-state index contributed by atoms with van der Waals surface area (Å²) in [6, 6.07) is 15.1. The van der Waals surface area contributed by atoms with Gasteiger partial charge in [-0.25, -0.2) is 4.58 Å². The zero-order valence-electron chi connectivity index (χ0n) is 17.9. The molecule has 0 bridgehead atoms. The third-order valence-electron chi connectivity index (χ3n) is 5.92. The number of aliphatic hydroxyl groups is 1. The third-order valence-corrected chi connectivity index (χ3v) is 6.15. The van der Waals surface area contributed by atoms with Crippen molar-refractivity contribution in [3.05, 3.63) is 64.7 Å². The quantitative estimate of drug-likeness (QED) is 0.500. The number of carbonyl (C=O) groups is 2. The van der Waals surface area contributed by atoms with Crippen molar-refractivity contribution in [2.45, 2.75) is 51.0 Å². The van der Waals surface area contributed by atoms with Gasteiger partial charge in [-0.2, -0.15) is 0 Å². The summed E-state index contributed by atoms with van der Waals surface area (Å²) in [4.78, 5) is 24.3. The molecule has 1 aliphatic rings. The minimum atomic E-state index is -0.897. The molecule has 1 aliphatic heterocycles. The molecule has 2 unspecified atom stereocenters. The van der Waals surface area contributed by atoms with Crippen molar-refractivity contribution in [1.82, 2.24) is 0 Å². The first-order chi connectivity index (χ1) is 14.8. The lowest BCUT2D eigenvalue weighted by atomic mass is 9.84. The van der Waals surface area contributed by atoms with Gasteiger partial charge in [0.15, 0.2) is 11.5 Å². The zero-order valence-corrected chi connectivity index (χ0v) is 18.7. The third kappa shape index (κ3) is 5.60. The average Bonchev–Trinajstić information content (AvgIpc) is 2.99. The SMILES string of the molecule is C[C@@H](CC(=O)O)CC(=O)C1C(CCCC(O)c2ccccc2)=[N+](C)c2ccc(Cl)cc21. The zero-order chi connectivity index (χ0) is 22.5. The summed E-state index contributed by atoms with van der Waals surface area (Å²) in [5.41, 5.74) is 3.69. The number of hydrogen-bond donors (Lipinski definition) is 2. The molecule has 0 saturated carbocycles. The molecule has 2 aromatic carbocycles. The number of aliphatic carboxylic acids is 1. The van der Waals surface area contributed by atoms with Gasteiger partial charge >= 0.3 is 5.97 Å². The van der Waals surface area contributed by atoms with E-state index in [1.54, 1.807) is 6.92 Å². The smallest absolute Gasteiger partial charge is 0.303 e. The van der Waals surface area contributed by atoms with Crippen LogP contribution in [-0.4, -0.2) is 39.3 Å². The van der Waals surface area contributed by atoms with E-state index in [2.05, 4.69) is 0 Å². The van der Waals surface area contributed by atoms with Crippen LogP contribution in [0, 0.1) is 5.92 Å². The molecule has 0 amide bonds. The second-order valence-corrected chi connectivity index (χ2v) is 8.82. The second-order valence-electron chi connectivity index (χ2n) is 8.38. The van der Waals surface area contributed by atoms with Gasteiger partial charge in [0, 0.05) is 35.9 Å². The maximum Gasteiger partial charge on any atom is 0.303 e. The van der Waals surface area contributed by atoms with Gasteiger partial charge in [0.1, 0.15) is 13.0 Å². The van der Waals surface area contributed by atoms with E-state index in [1.165, 1.54) is 0 Å². The summed E-state index contributed by atoms with van der Waals surface area (Å²) in [5.74, 6) is -1.55. The molecule has 164 valence electrons. The molecular weight excluding hydrogens is 414 g/mol. The van der Waals surface area contributed by atoms with Crippen molar-refractivity contribution in [2.75, 3.05) is 7.05 Å². The van der Waals surface area contributed by atoms with Crippen LogP contribution in [0.25, 0.3) is 0 Å². The number of carboxylic acids is 1. The Morgan fingerprint density at radius 2 is 1.84 bits per heavy atom. The molecule has 31 heavy (non-hydrogen) atoms. The molecule has 3 rings (SSSR count). The summed E-state index contributed by atoms with van der Waals surface area (Å²) < 4.78 is 2.05. The van der Waals surface area contributed by atoms with Crippen molar-refractivity contribution in [3.63, 3.8) is 0 Å². The molecule has 5 nitrogen and oxygen atoms in total. The number of hydrogen-bond acceptors (Lipinski definition) is 3. The van der Waals surface area contributed by atoms with Crippen LogP contribution in [0.5, 0.6) is 0 Å². The Morgan fingerprint density at radius 3 is 2.52 bits per heavy atom. The maximum absolute atomic E-state index is 13.3. The first-order valence-corrected chi connectivity index (χ1v) is 11.0. The molecule has 2 N–H and O–H groups in total. The number of fused-ring (bicyclic) bond motifs is 1. The Kier molecular flexibility index (Phi) is 7.63. The van der Waals surface area contributed by atoms with Gasteiger partial charge < -0.3 is 10.2 Å². The monoisotopic (exact) mass is 442 g/mol. The van der Waals surface area contributed by atoms with Crippen LogP contribution in [0.1, 0.15) is 62.2 Å². The van der Waals surface area contributed by atoms with Crippen LogP contribution >= 0.6 is 11.6 Å². The summed E-state index contributed by atoms with van der Waals surface area (Å²) in [5, 5.41) is 20.1. The van der Waals surface area contributed by atoms with Crippen molar-refractivity contribution in [1.29, 1.82) is 0 Å². The first kappa shape index (κ1) is 23.2. The molecule has 2 aromatic rings. The lowest BCUT2D eigenvalue weighted by molar-refractivity contribution is -0.403. The van der Waals surface area contributed by atoms with Crippen LogP contribution in [-0.2, 0) is 9.59 Å². The van der Waals surface area contributed by atoms with Gasteiger partial charge in [-0.1, -0.05) is 48.9 Å². The number of ketones is 1. The van der Waals surface area contributed by atoms with Crippen LogP contribution in [0.15, 0.2) is 48.5 Å². The van der Waals surface area contributed by atoms with Gasteiger partial charge in [-0.15, -0.1) is 0 Å². The van der Waals surface area contributed by atoms with Crippen LogP contribution in [0.3, 0.4) is 0 Å². The summed E-state index contributed by atoms with van der Waals surface area (Å²) in [6.45, 7) is 1.79. The molecule has 0 aromatic heterocycles. The highest BCUT2D eigenvalue weighted by atomic mass is 35.5. The van der Waals surface area contributed by atoms with Crippen molar-refractivity contribution >= 4 is 34.8 Å². The largest absolute Gasteiger partial charge is 0.481 e. The Morgan fingerprint density at radius 1 is 1.13 bits per heavy atom. The van der Waals surface area contributed by atoms with E-state index in [-0.39, 0.29) is 24.5 Å². The normalized spacial score (nSPS) is 17.4. The van der Waals surface area contributed by atoms with Gasteiger partial charge in [-0.3, -0.25) is 9.59 Å². The Bertz CT molecular complexity index is 986. The number of Topliss-reactive ketones (excluding diaryl/α,β-unsaturated/α-hetero) is 1. The van der Waals surface area contributed by atoms with E-state index >= 15 is 0 Å². The van der Waals surface area contributed by atoms with Gasteiger partial charge in [0.25, 0.3) is 0 Å². The number of carboxylic acid groups (broad SMARTS) is 1. The number of aliphatic hydroxyl groups excluding tert-OH is 1. The highest BCUT2D eigenvalue weighted by Crippen LogP contribution is 2.39. The van der Waals surface area contributed by atoms with E-state index in [0.717, 1.165) is 28.9 Å². The predicted octanol–water partition coefficient (Wildman–Crippen LogP) is 5.13. The number of nitrogens with zero attached hydrogens (tertiary/aromatic N) is 1. The molecule has 0 spiro atoms. The lowest BCUT2D eigenvalue weighted by Crippen LogP contribution is -2.24. The van der Waals surface area contributed by atoms with Crippen molar-refractivity contribution in [2.24, 2.45) is 5.92 Å². The highest BCUT2D eigenvalue weighted by molar-refractivity contribution is 6.31. The van der Waals surface area contributed by atoms with Gasteiger partial charge in [-0.05, 0) is 36.5 Å². The predicted molar refractivity (Wildman–Crippen MR) is 121 cm³/mol. The topological polar surface area (TPSA) is 77.6 Å². The van der Waals surface area contributed by atoms with Crippen molar-refractivity contribution in [3.8, 4) is 0 Å². The molecule has 0 radical (unpaired) electrons. The maximum atomic E-state index is 13.3. The van der Waals surface area contributed by atoms with E-state index in [1.807, 2.05) is 60.2 Å². The van der Waals surface area contributed by atoms with E-state index in [4.69, 9.17) is 16.7 Å². The first-order valence-electron chi connectivity index (χ1n) is 10.6. The average molecular weight is 443 g/mol. The van der Waals surface area contributed by atoms with Gasteiger partial charge in [0.05, 0.1) is 6.10 Å². The van der Waals surface area contributed by atoms with Crippen LogP contribution < -0.4 is 0 Å². The minimum absolute atomic E-state index is 0.0141. The molecule has 6 heteroatoms. The summed E-state index contributed by atoms with van der Waals surface area (Å²) >= 11 is 6.23. The van der Waals surface area contributed by atoms with E-state index in [9.17, 15) is 14.7 Å². The summed E-state index contributed by atoms with van der Waals surface area (Å²) in [6.07, 6.45) is 1.61. The molecule has 1 heterocycles. The Labute approximate surface area is 188 Å². The lowest BCUT2D eigenvalue weighted by Gasteiger charge is -2.14. The second kappa shape index (κ2) is 10.2. The van der Waals surface area contributed by atoms with Crippen molar-refractivity contribution < 1.29 is 24.4 Å². The fourth-order valence-electron chi connectivity index (χ4n) is 4.41. The van der Waals surface area contributed by atoms with Crippen LogP contribution in [0.4, 0.5) is 5.69 Å². The van der Waals surface area contributed by atoms with E-state index < -0.39 is 18.0 Å². The molecule has 3 atom stereocenters. The molecular formula is C25H29ClNO4+. The standard InChI is InChI=1S/C25H28ClNO4/c1-16(14-24(30)31)13-23(29)25-19-15-18(26)11-12-20(19)27(2)21(25)9-6-10-22(28)17-7-4-3-5-8-17/h3-5,7-8,11-12,15-16,22,25,28H,6,9-10,13-14H2,1-2H3/p+1/t16-,22?,25?/m1/s1. The number of halogens is 1.